The Kier molecular flexibility index (Phi) is 6.75. The molecule has 0 radical (unpaired) electrons. The summed E-state index contributed by atoms with van der Waals surface area (Å²) in [5, 5.41) is 12.5. The number of aromatic nitrogens is 2. The van der Waals surface area contributed by atoms with Crippen molar-refractivity contribution in [2.24, 2.45) is 0 Å². The smallest absolute Gasteiger partial charge is 0.224 e. The highest BCUT2D eigenvalue weighted by atomic mass is 35.5. The van der Waals surface area contributed by atoms with E-state index in [1.807, 2.05) is 0 Å². The molecule has 0 aliphatic heterocycles. The molecule has 0 aliphatic rings. The van der Waals surface area contributed by atoms with Crippen molar-refractivity contribution in [1.29, 1.82) is 0 Å². The molecule has 1 aromatic rings. The SMILES string of the molecule is CCCCC(CCO)Nc1nc(Cl)ncc1OC. The van der Waals surface area contributed by atoms with Gasteiger partial charge in [0.1, 0.15) is 0 Å². The lowest BCUT2D eigenvalue weighted by molar-refractivity contribution is 0.276. The number of ether oxygens (including phenoxy) is 1. The molecule has 0 fully saturated rings. The number of rotatable bonds is 8. The van der Waals surface area contributed by atoms with E-state index < -0.39 is 0 Å². The fraction of sp³-hybridized carbons (Fsp3) is 0.667. The van der Waals surface area contributed by atoms with E-state index in [0.717, 1.165) is 19.3 Å². The Morgan fingerprint density at radius 3 is 2.89 bits per heavy atom. The van der Waals surface area contributed by atoms with Crippen LogP contribution in [-0.2, 0) is 0 Å². The van der Waals surface area contributed by atoms with Gasteiger partial charge in [-0.1, -0.05) is 19.8 Å². The number of unbranched alkanes of at least 4 members (excludes halogenated alkanes) is 1. The maximum atomic E-state index is 9.07. The molecule has 0 aromatic carbocycles. The van der Waals surface area contributed by atoms with Crippen LogP contribution in [0.5, 0.6) is 5.75 Å². The molecule has 1 rings (SSSR count). The van der Waals surface area contributed by atoms with Crippen LogP contribution >= 0.6 is 11.6 Å². The molecular formula is C12H20ClN3O2. The number of nitrogens with zero attached hydrogens (tertiary/aromatic N) is 2. The van der Waals surface area contributed by atoms with Gasteiger partial charge in [0, 0.05) is 12.6 Å². The van der Waals surface area contributed by atoms with Crippen LogP contribution < -0.4 is 10.1 Å². The first-order chi connectivity index (χ1) is 8.71. The minimum absolute atomic E-state index is 0.141. The Morgan fingerprint density at radius 1 is 1.50 bits per heavy atom. The summed E-state index contributed by atoms with van der Waals surface area (Å²) in [6.45, 7) is 2.28. The number of methoxy groups -OCH3 is 1. The standard InChI is InChI=1S/C12H20ClN3O2/c1-3-4-5-9(6-7-17)15-11-10(18-2)8-14-12(13)16-11/h8-9,17H,3-7H2,1-2H3,(H,14,15,16). The van der Waals surface area contributed by atoms with Crippen LogP contribution in [0.25, 0.3) is 0 Å². The summed E-state index contributed by atoms with van der Waals surface area (Å²) >= 11 is 5.77. The topological polar surface area (TPSA) is 67.3 Å². The van der Waals surface area contributed by atoms with Crippen molar-refractivity contribution in [2.75, 3.05) is 19.0 Å². The molecule has 0 spiro atoms. The second kappa shape index (κ2) is 8.11. The van der Waals surface area contributed by atoms with E-state index in [1.54, 1.807) is 7.11 Å². The fourth-order valence-corrected chi connectivity index (χ4v) is 1.82. The molecule has 18 heavy (non-hydrogen) atoms. The quantitative estimate of drug-likeness (QED) is 0.713. The molecule has 5 nitrogen and oxygen atoms in total. The van der Waals surface area contributed by atoms with Crippen LogP contribution in [0.15, 0.2) is 6.20 Å². The first-order valence-corrected chi connectivity index (χ1v) is 6.53. The average molecular weight is 274 g/mol. The zero-order chi connectivity index (χ0) is 13.4. The second-order valence-electron chi connectivity index (χ2n) is 4.05. The molecule has 1 heterocycles. The van der Waals surface area contributed by atoms with Gasteiger partial charge in [0.05, 0.1) is 13.3 Å². The first kappa shape index (κ1) is 15.0. The van der Waals surface area contributed by atoms with E-state index in [1.165, 1.54) is 6.20 Å². The molecule has 0 amide bonds. The summed E-state index contributed by atoms with van der Waals surface area (Å²) in [6, 6.07) is 0.162. The summed E-state index contributed by atoms with van der Waals surface area (Å²) in [7, 11) is 1.56. The van der Waals surface area contributed by atoms with Gasteiger partial charge in [-0.05, 0) is 24.4 Å². The van der Waals surface area contributed by atoms with Crippen LogP contribution in [-0.4, -0.2) is 34.8 Å². The summed E-state index contributed by atoms with van der Waals surface area (Å²) in [5.74, 6) is 1.13. The number of hydrogen-bond donors (Lipinski definition) is 2. The highest BCUT2D eigenvalue weighted by Gasteiger charge is 2.13. The van der Waals surface area contributed by atoms with Gasteiger partial charge in [0.2, 0.25) is 5.28 Å². The summed E-state index contributed by atoms with van der Waals surface area (Å²) in [4.78, 5) is 7.98. The molecule has 102 valence electrons. The molecule has 2 N–H and O–H groups in total. The summed E-state index contributed by atoms with van der Waals surface area (Å²) in [5.41, 5.74) is 0. The van der Waals surface area contributed by atoms with Crippen molar-refractivity contribution in [3.8, 4) is 5.75 Å². The average Bonchev–Trinajstić information content (AvgIpc) is 2.36. The molecule has 0 saturated heterocycles. The second-order valence-corrected chi connectivity index (χ2v) is 4.39. The Balaban J connectivity index is 2.74. The molecule has 1 unspecified atom stereocenters. The van der Waals surface area contributed by atoms with E-state index in [4.69, 9.17) is 21.4 Å². The number of nitrogens with one attached hydrogen (secondary N) is 1. The van der Waals surface area contributed by atoms with Crippen molar-refractivity contribution < 1.29 is 9.84 Å². The van der Waals surface area contributed by atoms with E-state index in [-0.39, 0.29) is 17.9 Å². The van der Waals surface area contributed by atoms with Crippen molar-refractivity contribution in [3.63, 3.8) is 0 Å². The molecule has 6 heteroatoms. The number of aliphatic hydroxyl groups is 1. The molecule has 1 aromatic heterocycles. The minimum atomic E-state index is 0.141. The maximum Gasteiger partial charge on any atom is 0.224 e. The predicted octanol–water partition coefficient (Wildman–Crippen LogP) is 2.49. The number of anilines is 1. The van der Waals surface area contributed by atoms with Gasteiger partial charge >= 0.3 is 0 Å². The van der Waals surface area contributed by atoms with Crippen LogP contribution in [0, 0.1) is 0 Å². The lowest BCUT2D eigenvalue weighted by atomic mass is 10.1. The normalized spacial score (nSPS) is 12.2. The van der Waals surface area contributed by atoms with Crippen molar-refractivity contribution in [1.82, 2.24) is 9.97 Å². The monoisotopic (exact) mass is 273 g/mol. The van der Waals surface area contributed by atoms with Gasteiger partial charge < -0.3 is 15.2 Å². The summed E-state index contributed by atoms with van der Waals surface area (Å²) in [6.07, 6.45) is 5.39. The third-order valence-electron chi connectivity index (χ3n) is 2.67. The zero-order valence-corrected chi connectivity index (χ0v) is 11.6. The van der Waals surface area contributed by atoms with E-state index in [9.17, 15) is 0 Å². The van der Waals surface area contributed by atoms with Crippen LogP contribution in [0.2, 0.25) is 5.28 Å². The summed E-state index contributed by atoms with van der Waals surface area (Å²) < 4.78 is 5.18. The predicted molar refractivity (Wildman–Crippen MR) is 72.2 cm³/mol. The maximum absolute atomic E-state index is 9.07. The van der Waals surface area contributed by atoms with Gasteiger partial charge in [0.25, 0.3) is 0 Å². The van der Waals surface area contributed by atoms with Gasteiger partial charge in [-0.3, -0.25) is 0 Å². The van der Waals surface area contributed by atoms with Gasteiger partial charge in [0.15, 0.2) is 11.6 Å². The Morgan fingerprint density at radius 2 is 2.28 bits per heavy atom. The first-order valence-electron chi connectivity index (χ1n) is 6.15. The zero-order valence-electron chi connectivity index (χ0n) is 10.8. The third kappa shape index (κ3) is 4.66. The van der Waals surface area contributed by atoms with Crippen LogP contribution in [0.3, 0.4) is 0 Å². The lowest BCUT2D eigenvalue weighted by Crippen LogP contribution is -2.22. The van der Waals surface area contributed by atoms with Gasteiger partial charge in [-0.25, -0.2) is 4.98 Å². The largest absolute Gasteiger partial charge is 0.491 e. The van der Waals surface area contributed by atoms with Gasteiger partial charge in [-0.2, -0.15) is 4.98 Å². The number of hydrogen-bond acceptors (Lipinski definition) is 5. The van der Waals surface area contributed by atoms with Gasteiger partial charge in [-0.15, -0.1) is 0 Å². The molecule has 0 aliphatic carbocycles. The highest BCUT2D eigenvalue weighted by Crippen LogP contribution is 2.24. The number of halogens is 1. The Hall–Kier alpha value is -1.07. The van der Waals surface area contributed by atoms with Crippen LogP contribution in [0.1, 0.15) is 32.6 Å². The van der Waals surface area contributed by atoms with Crippen molar-refractivity contribution in [3.05, 3.63) is 11.5 Å². The molecular weight excluding hydrogens is 254 g/mol. The minimum Gasteiger partial charge on any atom is -0.491 e. The Labute approximate surface area is 113 Å². The lowest BCUT2D eigenvalue weighted by Gasteiger charge is -2.19. The van der Waals surface area contributed by atoms with Crippen molar-refractivity contribution >= 4 is 17.4 Å². The van der Waals surface area contributed by atoms with E-state index in [2.05, 4.69) is 22.2 Å². The van der Waals surface area contributed by atoms with E-state index >= 15 is 0 Å². The molecule has 0 saturated carbocycles. The highest BCUT2D eigenvalue weighted by molar-refractivity contribution is 6.28. The molecule has 0 bridgehead atoms. The Bertz CT molecular complexity index is 363. The van der Waals surface area contributed by atoms with Crippen LogP contribution in [0.4, 0.5) is 5.82 Å². The molecule has 1 atom stereocenters. The fourth-order valence-electron chi connectivity index (χ4n) is 1.69. The van der Waals surface area contributed by atoms with E-state index in [0.29, 0.717) is 18.0 Å². The number of aliphatic hydroxyl groups excluding tert-OH is 1. The third-order valence-corrected chi connectivity index (χ3v) is 2.85. The van der Waals surface area contributed by atoms with Crippen molar-refractivity contribution in [2.45, 2.75) is 38.6 Å².